The Morgan fingerprint density at radius 2 is 1.90 bits per heavy atom. The van der Waals surface area contributed by atoms with Gasteiger partial charge in [-0.3, -0.25) is 4.79 Å². The van der Waals surface area contributed by atoms with E-state index < -0.39 is 0 Å². The van der Waals surface area contributed by atoms with Gasteiger partial charge < -0.3 is 19.7 Å². The number of rotatable bonds is 4. The Bertz CT molecular complexity index is 376. The molecule has 2 saturated heterocycles. The number of morpholine rings is 1. The van der Waals surface area contributed by atoms with Crippen LogP contribution in [0.3, 0.4) is 0 Å². The van der Waals surface area contributed by atoms with E-state index in [9.17, 15) is 4.79 Å². The molecule has 0 spiro atoms. The summed E-state index contributed by atoms with van der Waals surface area (Å²) in [5, 5.41) is 3.55. The maximum Gasteiger partial charge on any atom is 0.239 e. The van der Waals surface area contributed by atoms with Crippen molar-refractivity contribution in [3.63, 3.8) is 0 Å². The Hall–Kier alpha value is -0.650. The van der Waals surface area contributed by atoms with Gasteiger partial charge in [0.15, 0.2) is 0 Å². The fourth-order valence-corrected chi connectivity index (χ4v) is 3.43. The third-order valence-corrected chi connectivity index (χ3v) is 4.51. The lowest BCUT2D eigenvalue weighted by Gasteiger charge is -2.34. The first-order valence-corrected chi connectivity index (χ1v) is 8.08. The van der Waals surface area contributed by atoms with Crippen LogP contribution >= 0.6 is 0 Å². The van der Waals surface area contributed by atoms with Gasteiger partial charge in [0.2, 0.25) is 5.91 Å². The fourth-order valence-electron chi connectivity index (χ4n) is 3.43. The van der Waals surface area contributed by atoms with E-state index in [0.717, 1.165) is 12.8 Å². The molecule has 122 valence electrons. The summed E-state index contributed by atoms with van der Waals surface area (Å²) in [7, 11) is 0. The lowest BCUT2D eigenvalue weighted by molar-refractivity contribution is -0.138. The molecule has 5 heteroatoms. The Kier molecular flexibility index (Phi) is 4.96. The summed E-state index contributed by atoms with van der Waals surface area (Å²) in [6, 6.07) is 0.0623. The summed E-state index contributed by atoms with van der Waals surface area (Å²) in [5.74, 6) is 0.196. The zero-order chi connectivity index (χ0) is 15.7. The molecular weight excluding hydrogens is 268 g/mol. The SMILES string of the molecule is CC[C@@H](N[C@H]1CC(C)(C)OC1(C)C)C(=O)N1CCOCC1. The van der Waals surface area contributed by atoms with Crippen LogP contribution in [0.1, 0.15) is 47.5 Å². The first-order chi connectivity index (χ1) is 9.75. The highest BCUT2D eigenvalue weighted by atomic mass is 16.5. The monoisotopic (exact) mass is 298 g/mol. The standard InChI is InChI=1S/C16H30N2O3/c1-6-12(14(19)18-7-9-20-10-8-18)17-13-11-15(2,3)21-16(13,4)5/h12-13,17H,6-11H2,1-5H3/t12-,13+/m1/s1. The van der Waals surface area contributed by atoms with E-state index in [1.165, 1.54) is 0 Å². The molecule has 0 aromatic heterocycles. The van der Waals surface area contributed by atoms with Crippen molar-refractivity contribution in [2.24, 2.45) is 0 Å². The molecule has 1 amide bonds. The molecule has 2 fully saturated rings. The number of amides is 1. The van der Waals surface area contributed by atoms with E-state index in [-0.39, 0.29) is 29.2 Å². The first-order valence-electron chi connectivity index (χ1n) is 8.08. The molecule has 2 atom stereocenters. The Morgan fingerprint density at radius 1 is 1.29 bits per heavy atom. The van der Waals surface area contributed by atoms with Crippen LogP contribution in [0.15, 0.2) is 0 Å². The molecule has 2 aliphatic rings. The normalized spacial score (nSPS) is 29.4. The van der Waals surface area contributed by atoms with Gasteiger partial charge in [-0.2, -0.15) is 0 Å². The predicted octanol–water partition coefficient (Wildman–Crippen LogP) is 1.56. The summed E-state index contributed by atoms with van der Waals surface area (Å²) in [5.41, 5.74) is -0.385. The molecule has 0 bridgehead atoms. The molecule has 2 aliphatic heterocycles. The first kappa shape index (κ1) is 16.7. The maximum atomic E-state index is 12.7. The van der Waals surface area contributed by atoms with E-state index in [2.05, 4.69) is 39.9 Å². The molecule has 0 aromatic rings. The number of carbonyl (C=O) groups is 1. The average molecular weight is 298 g/mol. The molecule has 0 aliphatic carbocycles. The van der Waals surface area contributed by atoms with Crippen molar-refractivity contribution >= 4 is 5.91 Å². The zero-order valence-corrected chi connectivity index (χ0v) is 14.1. The number of carbonyl (C=O) groups excluding carboxylic acids is 1. The van der Waals surface area contributed by atoms with E-state index in [1.54, 1.807) is 0 Å². The molecule has 0 aromatic carbocycles. The highest BCUT2D eigenvalue weighted by Gasteiger charge is 2.46. The zero-order valence-electron chi connectivity index (χ0n) is 14.1. The fraction of sp³-hybridized carbons (Fsp3) is 0.938. The van der Waals surface area contributed by atoms with Crippen LogP contribution in [0.2, 0.25) is 0 Å². The van der Waals surface area contributed by atoms with E-state index >= 15 is 0 Å². The second kappa shape index (κ2) is 6.23. The number of hydrogen-bond donors (Lipinski definition) is 1. The van der Waals surface area contributed by atoms with Crippen molar-refractivity contribution in [3.8, 4) is 0 Å². The van der Waals surface area contributed by atoms with Crippen molar-refractivity contribution in [1.29, 1.82) is 0 Å². The molecule has 0 saturated carbocycles. The molecular formula is C16H30N2O3. The van der Waals surface area contributed by atoms with Crippen LogP contribution in [0, 0.1) is 0 Å². The van der Waals surface area contributed by atoms with Gasteiger partial charge >= 0.3 is 0 Å². The van der Waals surface area contributed by atoms with Crippen LogP contribution in [0.5, 0.6) is 0 Å². The molecule has 21 heavy (non-hydrogen) atoms. The van der Waals surface area contributed by atoms with Gasteiger partial charge in [-0.15, -0.1) is 0 Å². The van der Waals surface area contributed by atoms with Gasteiger partial charge in [0.05, 0.1) is 30.5 Å². The minimum absolute atomic E-state index is 0.134. The van der Waals surface area contributed by atoms with Crippen LogP contribution < -0.4 is 5.32 Å². The number of nitrogens with zero attached hydrogens (tertiary/aromatic N) is 1. The van der Waals surface area contributed by atoms with Crippen LogP contribution in [0.25, 0.3) is 0 Å². The van der Waals surface area contributed by atoms with Crippen molar-refractivity contribution in [1.82, 2.24) is 10.2 Å². The smallest absolute Gasteiger partial charge is 0.239 e. The number of ether oxygens (including phenoxy) is 2. The van der Waals surface area contributed by atoms with Crippen LogP contribution in [-0.4, -0.2) is 60.4 Å². The van der Waals surface area contributed by atoms with Gasteiger partial charge in [0.1, 0.15) is 0 Å². The largest absolute Gasteiger partial charge is 0.378 e. The molecule has 0 unspecified atom stereocenters. The average Bonchev–Trinajstić information content (AvgIpc) is 2.63. The molecule has 5 nitrogen and oxygen atoms in total. The van der Waals surface area contributed by atoms with E-state index in [4.69, 9.17) is 9.47 Å². The molecule has 0 radical (unpaired) electrons. The van der Waals surface area contributed by atoms with Crippen molar-refractivity contribution in [2.45, 2.75) is 70.7 Å². The van der Waals surface area contributed by atoms with Gasteiger partial charge in [0, 0.05) is 19.1 Å². The number of hydrogen-bond acceptors (Lipinski definition) is 4. The van der Waals surface area contributed by atoms with Gasteiger partial charge in [0.25, 0.3) is 0 Å². The summed E-state index contributed by atoms with van der Waals surface area (Å²) >= 11 is 0. The lowest BCUT2D eigenvalue weighted by Crippen LogP contribution is -2.55. The third-order valence-electron chi connectivity index (χ3n) is 4.51. The van der Waals surface area contributed by atoms with E-state index in [0.29, 0.717) is 26.3 Å². The summed E-state index contributed by atoms with van der Waals surface area (Å²) < 4.78 is 11.4. The molecule has 1 N–H and O–H groups in total. The molecule has 2 rings (SSSR count). The lowest BCUT2D eigenvalue weighted by atomic mass is 9.93. The van der Waals surface area contributed by atoms with Crippen LogP contribution in [-0.2, 0) is 14.3 Å². The third kappa shape index (κ3) is 3.96. The second-order valence-electron chi connectivity index (χ2n) is 7.29. The topological polar surface area (TPSA) is 50.8 Å². The summed E-state index contributed by atoms with van der Waals surface area (Å²) in [6.45, 7) is 13.2. The highest BCUT2D eigenvalue weighted by molar-refractivity contribution is 5.82. The maximum absolute atomic E-state index is 12.7. The summed E-state index contributed by atoms with van der Waals surface area (Å²) in [4.78, 5) is 14.6. The number of nitrogens with one attached hydrogen (secondary N) is 1. The quantitative estimate of drug-likeness (QED) is 0.856. The van der Waals surface area contributed by atoms with Crippen molar-refractivity contribution in [2.75, 3.05) is 26.3 Å². The van der Waals surface area contributed by atoms with Gasteiger partial charge in [-0.05, 0) is 40.5 Å². The summed E-state index contributed by atoms with van der Waals surface area (Å²) in [6.07, 6.45) is 1.72. The highest BCUT2D eigenvalue weighted by Crippen LogP contribution is 2.37. The van der Waals surface area contributed by atoms with Gasteiger partial charge in [-0.1, -0.05) is 6.92 Å². The van der Waals surface area contributed by atoms with Crippen LogP contribution in [0.4, 0.5) is 0 Å². The second-order valence-corrected chi connectivity index (χ2v) is 7.29. The van der Waals surface area contributed by atoms with E-state index in [1.807, 2.05) is 4.90 Å². The Balaban J connectivity index is 2.00. The molecule has 2 heterocycles. The van der Waals surface area contributed by atoms with Crippen molar-refractivity contribution in [3.05, 3.63) is 0 Å². The van der Waals surface area contributed by atoms with Gasteiger partial charge in [-0.25, -0.2) is 0 Å². The predicted molar refractivity (Wildman–Crippen MR) is 82.3 cm³/mol. The van der Waals surface area contributed by atoms with Crippen molar-refractivity contribution < 1.29 is 14.3 Å². The minimum Gasteiger partial charge on any atom is -0.378 e. The Morgan fingerprint density at radius 3 is 2.38 bits per heavy atom. The Labute approximate surface area is 128 Å². The minimum atomic E-state index is -0.248.